The highest BCUT2D eigenvalue weighted by Crippen LogP contribution is 2.32. The number of esters is 1. The molecule has 0 spiro atoms. The lowest BCUT2D eigenvalue weighted by Crippen LogP contribution is -2.30. The summed E-state index contributed by atoms with van der Waals surface area (Å²) >= 11 is 0. The highest BCUT2D eigenvalue weighted by Gasteiger charge is 2.29. The third-order valence-electron chi connectivity index (χ3n) is 3.56. The Morgan fingerprint density at radius 2 is 1.81 bits per heavy atom. The maximum Gasteiger partial charge on any atom is 0.334 e. The van der Waals surface area contributed by atoms with Crippen molar-refractivity contribution in [3.63, 3.8) is 0 Å². The van der Waals surface area contributed by atoms with Crippen molar-refractivity contribution < 1.29 is 17.9 Å². The summed E-state index contributed by atoms with van der Waals surface area (Å²) in [5.74, 6) is -0.389. The molecule has 1 aromatic carbocycles. The molecule has 1 heterocycles. The molecule has 0 saturated carbocycles. The van der Waals surface area contributed by atoms with Crippen LogP contribution in [0.15, 0.2) is 41.3 Å². The molecule has 0 bridgehead atoms. The number of nitrogens with zero attached hydrogens (tertiary/aromatic N) is 1. The smallest absolute Gasteiger partial charge is 0.334 e. The molecule has 0 aliphatic carbocycles. The predicted molar refractivity (Wildman–Crippen MR) is 79.1 cm³/mol. The van der Waals surface area contributed by atoms with E-state index in [1.54, 1.807) is 38.1 Å². The van der Waals surface area contributed by atoms with Crippen LogP contribution in [0.1, 0.15) is 31.9 Å². The molecule has 6 heteroatoms. The molecular weight excluding hydrogens is 290 g/mol. The van der Waals surface area contributed by atoms with E-state index in [4.69, 9.17) is 4.74 Å². The van der Waals surface area contributed by atoms with E-state index < -0.39 is 10.0 Å². The first-order valence-corrected chi connectivity index (χ1v) is 8.33. The number of carbonyl (C=O) groups is 1. The highest BCUT2D eigenvalue weighted by atomic mass is 32.2. The van der Waals surface area contributed by atoms with E-state index in [1.165, 1.54) is 4.31 Å². The molecule has 114 valence electrons. The van der Waals surface area contributed by atoms with Crippen LogP contribution in [-0.4, -0.2) is 31.8 Å². The van der Waals surface area contributed by atoms with Gasteiger partial charge in [0.15, 0.2) is 0 Å². The Bertz CT molecular complexity index is 629. The minimum absolute atomic E-state index is 0.248. The average molecular weight is 309 g/mol. The molecule has 0 N–H and O–H groups in total. The average Bonchev–Trinajstić information content (AvgIpc) is 2.80. The Morgan fingerprint density at radius 1 is 1.24 bits per heavy atom. The first-order chi connectivity index (χ1) is 9.90. The fourth-order valence-electron chi connectivity index (χ4n) is 2.31. The minimum atomic E-state index is -3.45. The normalized spacial score (nSPS) is 19.1. The van der Waals surface area contributed by atoms with Crippen molar-refractivity contribution in [2.45, 2.75) is 31.3 Å². The number of cyclic esters (lactones) is 1. The fourth-order valence-corrected chi connectivity index (χ4v) is 3.77. The Kier molecular flexibility index (Phi) is 4.49. The van der Waals surface area contributed by atoms with Gasteiger partial charge >= 0.3 is 5.97 Å². The van der Waals surface area contributed by atoms with Gasteiger partial charge in [0.25, 0.3) is 0 Å². The van der Waals surface area contributed by atoms with Crippen molar-refractivity contribution in [1.29, 1.82) is 0 Å². The number of carbonyl (C=O) groups excluding carboxylic acids is 1. The number of sulfonamides is 1. The van der Waals surface area contributed by atoms with Gasteiger partial charge in [-0.25, -0.2) is 13.2 Å². The van der Waals surface area contributed by atoms with Crippen molar-refractivity contribution in [3.8, 4) is 0 Å². The van der Waals surface area contributed by atoms with Crippen molar-refractivity contribution in [2.75, 3.05) is 13.1 Å². The second-order valence-corrected chi connectivity index (χ2v) is 6.80. The molecule has 0 unspecified atom stereocenters. The van der Waals surface area contributed by atoms with Crippen molar-refractivity contribution in [2.24, 2.45) is 0 Å². The molecule has 1 aliphatic heterocycles. The molecule has 0 amide bonds. The Morgan fingerprint density at radius 3 is 2.24 bits per heavy atom. The third kappa shape index (κ3) is 3.01. The summed E-state index contributed by atoms with van der Waals surface area (Å²) < 4.78 is 31.3. The zero-order valence-electron chi connectivity index (χ0n) is 12.2. The van der Waals surface area contributed by atoms with Crippen LogP contribution < -0.4 is 0 Å². The van der Waals surface area contributed by atoms with E-state index in [0.29, 0.717) is 25.1 Å². The van der Waals surface area contributed by atoms with Crippen LogP contribution in [0.5, 0.6) is 0 Å². The van der Waals surface area contributed by atoms with Gasteiger partial charge in [0.1, 0.15) is 6.10 Å². The molecule has 1 aliphatic rings. The molecule has 21 heavy (non-hydrogen) atoms. The second-order valence-electron chi connectivity index (χ2n) is 4.86. The van der Waals surface area contributed by atoms with Crippen LogP contribution in [0.25, 0.3) is 0 Å². The first kappa shape index (κ1) is 15.7. The lowest BCUT2D eigenvalue weighted by molar-refractivity contribution is -0.139. The summed E-state index contributed by atoms with van der Waals surface area (Å²) in [5.41, 5.74) is 1.22. The maximum atomic E-state index is 12.4. The van der Waals surface area contributed by atoms with Gasteiger partial charge in [-0.05, 0) is 17.7 Å². The number of rotatable bonds is 5. The minimum Gasteiger partial charge on any atom is -0.454 e. The quantitative estimate of drug-likeness (QED) is 0.618. The number of hydrogen-bond donors (Lipinski definition) is 0. The van der Waals surface area contributed by atoms with Gasteiger partial charge < -0.3 is 4.74 Å². The zero-order chi connectivity index (χ0) is 15.6. The molecule has 1 fully saturated rings. The summed E-state index contributed by atoms with van der Waals surface area (Å²) in [7, 11) is -3.45. The Balaban J connectivity index is 2.24. The van der Waals surface area contributed by atoms with E-state index in [0.717, 1.165) is 5.56 Å². The van der Waals surface area contributed by atoms with Crippen molar-refractivity contribution in [3.05, 3.63) is 42.0 Å². The van der Waals surface area contributed by atoms with Crippen LogP contribution in [0, 0.1) is 0 Å². The highest BCUT2D eigenvalue weighted by molar-refractivity contribution is 7.89. The maximum absolute atomic E-state index is 12.4. The van der Waals surface area contributed by atoms with Gasteiger partial charge in [0.05, 0.1) is 4.90 Å². The molecular formula is C15H19NO4S. The molecule has 0 aromatic heterocycles. The number of benzene rings is 1. The van der Waals surface area contributed by atoms with Gasteiger partial charge in [0, 0.05) is 25.1 Å². The molecule has 1 aromatic rings. The first-order valence-electron chi connectivity index (χ1n) is 6.89. The second kappa shape index (κ2) is 5.99. The van der Waals surface area contributed by atoms with Crippen LogP contribution in [-0.2, 0) is 19.6 Å². The van der Waals surface area contributed by atoms with Crippen LogP contribution in [0.2, 0.25) is 0 Å². The predicted octanol–water partition coefficient (Wildman–Crippen LogP) is 2.26. The largest absolute Gasteiger partial charge is 0.454 e. The topological polar surface area (TPSA) is 63.7 Å². The van der Waals surface area contributed by atoms with E-state index in [9.17, 15) is 13.2 Å². The van der Waals surface area contributed by atoms with E-state index in [1.807, 2.05) is 0 Å². The van der Waals surface area contributed by atoms with Gasteiger partial charge in [0.2, 0.25) is 10.0 Å². The lowest BCUT2D eigenvalue weighted by atomic mass is 10.1. The summed E-state index contributed by atoms with van der Waals surface area (Å²) in [6, 6.07) is 6.48. The molecule has 1 saturated heterocycles. The summed E-state index contributed by atoms with van der Waals surface area (Å²) in [4.78, 5) is 11.6. The molecule has 5 nitrogen and oxygen atoms in total. The van der Waals surface area contributed by atoms with E-state index in [2.05, 4.69) is 6.58 Å². The third-order valence-corrected chi connectivity index (χ3v) is 5.63. The molecule has 2 rings (SSSR count). The number of hydrogen-bond acceptors (Lipinski definition) is 4. The zero-order valence-corrected chi connectivity index (χ0v) is 13.0. The van der Waals surface area contributed by atoms with Gasteiger partial charge in [-0.2, -0.15) is 4.31 Å². The molecule has 1 atom stereocenters. The fraction of sp³-hybridized carbons (Fsp3) is 0.400. The lowest BCUT2D eigenvalue weighted by Gasteiger charge is -2.18. The van der Waals surface area contributed by atoms with Gasteiger partial charge in [-0.1, -0.05) is 32.6 Å². The summed E-state index contributed by atoms with van der Waals surface area (Å²) in [6.07, 6.45) is 0.0799. The molecule has 0 radical (unpaired) electrons. The van der Waals surface area contributed by atoms with E-state index in [-0.39, 0.29) is 17.0 Å². The van der Waals surface area contributed by atoms with Gasteiger partial charge in [-0.3, -0.25) is 0 Å². The Hall–Kier alpha value is -1.66. The van der Waals surface area contributed by atoms with Crippen LogP contribution >= 0.6 is 0 Å². The van der Waals surface area contributed by atoms with E-state index >= 15 is 0 Å². The number of ether oxygens (including phenoxy) is 1. The SMILES string of the molecule is C=C1C[C@@H](c2ccc(S(=O)(=O)N(CC)CC)cc2)OC1=O. The standard InChI is InChI=1S/C15H19NO4S/c1-4-16(5-2)21(18,19)13-8-6-12(7-9-13)14-10-11(3)15(17)20-14/h6-9,14H,3-5,10H2,1-2H3/t14-/m0/s1. The van der Waals surface area contributed by atoms with Gasteiger partial charge in [-0.15, -0.1) is 0 Å². The van der Waals surface area contributed by atoms with Crippen LogP contribution in [0.4, 0.5) is 0 Å². The summed E-state index contributed by atoms with van der Waals surface area (Å²) in [6.45, 7) is 8.11. The van der Waals surface area contributed by atoms with Crippen molar-refractivity contribution in [1.82, 2.24) is 4.31 Å². The monoisotopic (exact) mass is 309 g/mol. The Labute approximate surface area is 125 Å². The van der Waals surface area contributed by atoms with Crippen LogP contribution in [0.3, 0.4) is 0 Å². The summed E-state index contributed by atoms with van der Waals surface area (Å²) in [5, 5.41) is 0. The van der Waals surface area contributed by atoms with Crippen molar-refractivity contribution >= 4 is 16.0 Å².